The third-order valence-corrected chi connectivity index (χ3v) is 4.26. The summed E-state index contributed by atoms with van der Waals surface area (Å²) in [6.07, 6.45) is 1.32. The van der Waals surface area contributed by atoms with Gasteiger partial charge in [0.2, 0.25) is 5.75 Å². The maximum atomic E-state index is 5.88. The summed E-state index contributed by atoms with van der Waals surface area (Å²) < 4.78 is 16.1. The van der Waals surface area contributed by atoms with Gasteiger partial charge in [-0.05, 0) is 23.3 Å². The molecule has 0 saturated heterocycles. The lowest BCUT2D eigenvalue weighted by Crippen LogP contribution is -2.03. The topological polar surface area (TPSA) is 49.3 Å². The van der Waals surface area contributed by atoms with E-state index in [4.69, 9.17) is 19.0 Å². The molecule has 0 N–H and O–H groups in total. The number of oxime groups is 1. The molecule has 3 aromatic rings. The van der Waals surface area contributed by atoms with Crippen molar-refractivity contribution in [1.29, 1.82) is 0 Å². The van der Waals surface area contributed by atoms with E-state index in [2.05, 4.69) is 5.16 Å². The molecule has 0 fully saturated rings. The molecule has 0 amide bonds. The van der Waals surface area contributed by atoms with Gasteiger partial charge in [0, 0.05) is 5.56 Å². The van der Waals surface area contributed by atoms with Crippen LogP contribution in [0.25, 0.3) is 0 Å². The predicted octanol–water partition coefficient (Wildman–Crippen LogP) is 4.85. The summed E-state index contributed by atoms with van der Waals surface area (Å²) in [6, 6.07) is 23.6. The fourth-order valence-corrected chi connectivity index (χ4v) is 2.90. The molecule has 0 unspecified atom stereocenters. The van der Waals surface area contributed by atoms with Crippen LogP contribution in [0.15, 0.2) is 78.0 Å². The van der Waals surface area contributed by atoms with E-state index < -0.39 is 0 Å². The van der Waals surface area contributed by atoms with Crippen molar-refractivity contribution in [2.24, 2.45) is 5.16 Å². The molecule has 0 radical (unpaired) electrons. The van der Waals surface area contributed by atoms with Crippen LogP contribution in [0.1, 0.15) is 22.8 Å². The number of ether oxygens (including phenoxy) is 3. The molecule has 5 heteroatoms. The van der Waals surface area contributed by atoms with Crippen LogP contribution in [-0.2, 0) is 4.84 Å². The first-order chi connectivity index (χ1) is 13.8. The molecule has 0 heterocycles. The maximum Gasteiger partial charge on any atom is 0.203 e. The minimum absolute atomic E-state index is 0.305. The van der Waals surface area contributed by atoms with Crippen LogP contribution in [0.4, 0.5) is 0 Å². The molecule has 0 atom stereocenters. The summed E-state index contributed by atoms with van der Waals surface area (Å²) in [5.74, 6) is 1.66. The van der Waals surface area contributed by atoms with Gasteiger partial charge in [0.25, 0.3) is 0 Å². The van der Waals surface area contributed by atoms with Crippen molar-refractivity contribution < 1.29 is 19.0 Å². The summed E-state index contributed by atoms with van der Waals surface area (Å²) in [7, 11) is 4.73. The zero-order valence-electron chi connectivity index (χ0n) is 16.2. The van der Waals surface area contributed by atoms with Crippen LogP contribution in [0, 0.1) is 0 Å². The summed E-state index contributed by atoms with van der Waals surface area (Å²) in [5, 5.41) is 4.22. The molecule has 0 aliphatic carbocycles. The number of rotatable bonds is 8. The largest absolute Gasteiger partial charge is 0.493 e. The Morgan fingerprint density at radius 2 is 1.21 bits per heavy atom. The first-order valence-electron chi connectivity index (χ1n) is 8.86. The van der Waals surface area contributed by atoms with Gasteiger partial charge in [-0.15, -0.1) is 0 Å². The molecule has 0 aliphatic heterocycles. The molecule has 0 aromatic heterocycles. The normalized spacial score (nSPS) is 10.9. The Kier molecular flexibility index (Phi) is 6.52. The zero-order valence-corrected chi connectivity index (χ0v) is 16.2. The van der Waals surface area contributed by atoms with E-state index in [1.807, 2.05) is 72.8 Å². The second kappa shape index (κ2) is 9.46. The highest BCUT2D eigenvalue weighted by Crippen LogP contribution is 2.37. The summed E-state index contributed by atoms with van der Waals surface area (Å²) in [5.41, 5.74) is 2.82. The van der Waals surface area contributed by atoms with Crippen LogP contribution >= 0.6 is 0 Å². The number of hydrogen-bond donors (Lipinski definition) is 0. The summed E-state index contributed by atoms with van der Waals surface area (Å²) in [6.45, 7) is 0. The lowest BCUT2D eigenvalue weighted by Gasteiger charge is -2.16. The van der Waals surface area contributed by atoms with Gasteiger partial charge in [0.1, 0.15) is 0 Å². The highest BCUT2D eigenvalue weighted by atomic mass is 16.6. The molecule has 3 rings (SSSR count). The molecule has 0 bridgehead atoms. The van der Waals surface area contributed by atoms with E-state index in [0.717, 1.165) is 16.7 Å². The Labute approximate surface area is 165 Å². The van der Waals surface area contributed by atoms with Gasteiger partial charge in [-0.3, -0.25) is 0 Å². The Morgan fingerprint density at radius 3 is 1.64 bits per heavy atom. The minimum Gasteiger partial charge on any atom is -0.493 e. The third kappa shape index (κ3) is 4.43. The van der Waals surface area contributed by atoms with Gasteiger partial charge in [-0.2, -0.15) is 0 Å². The quantitative estimate of drug-likeness (QED) is 0.416. The smallest absolute Gasteiger partial charge is 0.203 e. The van der Waals surface area contributed by atoms with Crippen molar-refractivity contribution in [1.82, 2.24) is 0 Å². The molecular formula is C23H23NO4. The molecule has 0 spiro atoms. The van der Waals surface area contributed by atoms with Crippen molar-refractivity contribution in [3.63, 3.8) is 0 Å². The van der Waals surface area contributed by atoms with Crippen LogP contribution < -0.4 is 14.2 Å². The lowest BCUT2D eigenvalue weighted by molar-refractivity contribution is 0.0888. The fraction of sp³-hybridized carbons (Fsp3) is 0.174. The SMILES string of the molecule is COc1cc(/C=N\OC(c2ccccc2)c2ccccc2)cc(OC)c1OC. The van der Waals surface area contributed by atoms with Crippen LogP contribution in [0.3, 0.4) is 0 Å². The highest BCUT2D eigenvalue weighted by molar-refractivity contribution is 5.82. The van der Waals surface area contributed by atoms with Crippen molar-refractivity contribution in [3.8, 4) is 17.2 Å². The summed E-state index contributed by atoms with van der Waals surface area (Å²) >= 11 is 0. The van der Waals surface area contributed by atoms with Gasteiger partial charge < -0.3 is 19.0 Å². The average Bonchev–Trinajstić information content (AvgIpc) is 2.77. The molecule has 3 aromatic carbocycles. The fourth-order valence-electron chi connectivity index (χ4n) is 2.90. The zero-order chi connectivity index (χ0) is 19.8. The number of methoxy groups -OCH3 is 3. The average molecular weight is 377 g/mol. The number of hydrogen-bond acceptors (Lipinski definition) is 5. The van der Waals surface area contributed by atoms with Crippen molar-refractivity contribution >= 4 is 6.21 Å². The van der Waals surface area contributed by atoms with E-state index in [1.165, 1.54) is 0 Å². The van der Waals surface area contributed by atoms with Crippen LogP contribution in [-0.4, -0.2) is 27.5 Å². The third-order valence-electron chi connectivity index (χ3n) is 4.26. The first kappa shape index (κ1) is 19.3. The van der Waals surface area contributed by atoms with Gasteiger partial charge in [0.15, 0.2) is 17.6 Å². The van der Waals surface area contributed by atoms with Gasteiger partial charge in [-0.25, -0.2) is 0 Å². The van der Waals surface area contributed by atoms with E-state index >= 15 is 0 Å². The maximum absolute atomic E-state index is 5.88. The van der Waals surface area contributed by atoms with Gasteiger partial charge >= 0.3 is 0 Å². The predicted molar refractivity (Wildman–Crippen MR) is 110 cm³/mol. The second-order valence-electron chi connectivity index (χ2n) is 6.00. The van der Waals surface area contributed by atoms with Gasteiger partial charge in [0.05, 0.1) is 27.5 Å². The standard InChI is InChI=1S/C23H23NO4/c1-25-20-14-17(15-21(26-2)23(20)27-3)16-24-28-22(18-10-6-4-7-11-18)19-12-8-5-9-13-19/h4-16,22H,1-3H3/b24-16-. The molecule has 0 saturated carbocycles. The Bertz CT molecular complexity index is 846. The Morgan fingerprint density at radius 1 is 0.714 bits per heavy atom. The van der Waals surface area contributed by atoms with E-state index in [9.17, 15) is 0 Å². The molecule has 28 heavy (non-hydrogen) atoms. The molecule has 5 nitrogen and oxygen atoms in total. The number of benzene rings is 3. The van der Waals surface area contributed by atoms with E-state index in [0.29, 0.717) is 17.2 Å². The van der Waals surface area contributed by atoms with E-state index in [-0.39, 0.29) is 6.10 Å². The number of nitrogens with zero attached hydrogens (tertiary/aromatic N) is 1. The molecule has 0 aliphatic rings. The van der Waals surface area contributed by atoms with Gasteiger partial charge in [-0.1, -0.05) is 65.8 Å². The lowest BCUT2D eigenvalue weighted by atomic mass is 10.0. The van der Waals surface area contributed by atoms with Crippen LogP contribution in [0.2, 0.25) is 0 Å². The van der Waals surface area contributed by atoms with Crippen LogP contribution in [0.5, 0.6) is 17.2 Å². The Balaban J connectivity index is 1.87. The first-order valence-corrected chi connectivity index (χ1v) is 8.86. The van der Waals surface area contributed by atoms with Crippen molar-refractivity contribution in [2.75, 3.05) is 21.3 Å². The minimum atomic E-state index is -0.305. The summed E-state index contributed by atoms with van der Waals surface area (Å²) in [4.78, 5) is 5.88. The van der Waals surface area contributed by atoms with Crippen molar-refractivity contribution in [2.45, 2.75) is 6.10 Å². The monoisotopic (exact) mass is 377 g/mol. The molecular weight excluding hydrogens is 354 g/mol. The second-order valence-corrected chi connectivity index (χ2v) is 6.00. The Hall–Kier alpha value is -3.47. The highest BCUT2D eigenvalue weighted by Gasteiger charge is 2.15. The van der Waals surface area contributed by atoms with Crippen molar-refractivity contribution in [3.05, 3.63) is 89.5 Å². The van der Waals surface area contributed by atoms with E-state index in [1.54, 1.807) is 27.5 Å². The molecule has 144 valence electrons.